The Labute approximate surface area is 292 Å². The summed E-state index contributed by atoms with van der Waals surface area (Å²) in [4.78, 5) is 21.8. The van der Waals surface area contributed by atoms with E-state index >= 15 is 0 Å². The predicted octanol–water partition coefficient (Wildman–Crippen LogP) is 6.74. The summed E-state index contributed by atoms with van der Waals surface area (Å²) in [6.07, 6.45) is 22.6. The summed E-state index contributed by atoms with van der Waals surface area (Å²) in [6, 6.07) is 0. The third-order valence-corrected chi connectivity index (χ3v) is 7.73. The highest BCUT2D eigenvalue weighted by Gasteiger charge is 2.04. The molecule has 0 heterocycles. The third kappa shape index (κ3) is 42.7. The van der Waals surface area contributed by atoms with Crippen LogP contribution < -0.4 is 5.32 Å². The number of unbranched alkanes of at least 4 members (excludes halogenated alkanes) is 15. The molecule has 0 saturated heterocycles. The maximum absolute atomic E-state index is 11.4. The van der Waals surface area contributed by atoms with Crippen LogP contribution in [-0.2, 0) is 42.7 Å². The van der Waals surface area contributed by atoms with E-state index < -0.39 is 5.97 Å². The van der Waals surface area contributed by atoms with Crippen molar-refractivity contribution < 1.29 is 47.9 Å². The Hall–Kier alpha value is -1.34. The Balaban J connectivity index is 3.08. The highest BCUT2D eigenvalue weighted by molar-refractivity contribution is 5.80. The fraction of sp³-hybridized carbons (Fsp3) is 0.946. The lowest BCUT2D eigenvalue weighted by atomic mass is 10.0. The van der Waals surface area contributed by atoms with Crippen LogP contribution in [0, 0.1) is 0 Å². The maximum Gasteiger partial charge on any atom is 0.303 e. The Morgan fingerprint density at radius 3 is 1.02 bits per heavy atom. The van der Waals surface area contributed by atoms with E-state index in [1.165, 1.54) is 96.3 Å². The first-order valence-corrected chi connectivity index (χ1v) is 19.2. The van der Waals surface area contributed by atoms with Gasteiger partial charge < -0.3 is 43.6 Å². The molecule has 0 unspecified atom stereocenters. The number of hydrogen-bond donors (Lipinski definition) is 2. The monoisotopic (exact) mass is 692 g/mol. The van der Waals surface area contributed by atoms with Gasteiger partial charge in [0.1, 0.15) is 0 Å². The van der Waals surface area contributed by atoms with Gasteiger partial charge in [0.2, 0.25) is 5.91 Å². The number of carboxylic acids is 1. The first-order chi connectivity index (χ1) is 23.7. The molecule has 0 rings (SSSR count). The average molecular weight is 692 g/mol. The summed E-state index contributed by atoms with van der Waals surface area (Å²) >= 11 is 0. The highest BCUT2D eigenvalue weighted by Crippen LogP contribution is 2.13. The number of carboxylic acid groups (broad SMARTS) is 1. The molecule has 0 fully saturated rings. The summed E-state index contributed by atoms with van der Waals surface area (Å²) in [5, 5.41) is 11.2. The van der Waals surface area contributed by atoms with Gasteiger partial charge in [-0.05, 0) is 12.8 Å². The van der Waals surface area contributed by atoms with Crippen LogP contribution in [0.15, 0.2) is 0 Å². The molecular formula is C37H73NO10. The first-order valence-electron chi connectivity index (χ1n) is 19.2. The molecule has 0 radical (unpaired) electrons. The zero-order valence-corrected chi connectivity index (χ0v) is 30.7. The Morgan fingerprint density at radius 1 is 0.396 bits per heavy atom. The van der Waals surface area contributed by atoms with Gasteiger partial charge in [0.25, 0.3) is 0 Å². The topological polar surface area (TPSA) is 131 Å². The van der Waals surface area contributed by atoms with E-state index in [2.05, 4.69) is 12.2 Å². The summed E-state index contributed by atoms with van der Waals surface area (Å²) in [6.45, 7) is 10.4. The van der Waals surface area contributed by atoms with Crippen LogP contribution in [0.5, 0.6) is 0 Å². The molecule has 0 saturated carbocycles. The molecule has 2 N–H and O–H groups in total. The SMILES string of the molecule is CCCCCCCCCCCCCCCCCCOCCOCCOCCOCCOCCOCCOCCCNC(=O)CCC(=O)O. The fourth-order valence-corrected chi connectivity index (χ4v) is 4.88. The third-order valence-electron chi connectivity index (χ3n) is 7.73. The second kappa shape index (κ2) is 41.8. The molecule has 0 aliphatic heterocycles. The molecule has 11 nitrogen and oxygen atoms in total. The number of ether oxygens (including phenoxy) is 7. The van der Waals surface area contributed by atoms with Crippen LogP contribution in [0.2, 0.25) is 0 Å². The number of rotatable bonds is 42. The molecule has 0 aromatic heterocycles. The van der Waals surface area contributed by atoms with E-state index in [0.29, 0.717) is 98.9 Å². The quantitative estimate of drug-likeness (QED) is 0.0664. The smallest absolute Gasteiger partial charge is 0.303 e. The number of amides is 1. The van der Waals surface area contributed by atoms with Gasteiger partial charge in [-0.15, -0.1) is 0 Å². The number of carbonyl (C=O) groups is 2. The standard InChI is InChI=1S/C37H73NO10/c1-2-3-4-5-6-7-8-9-10-11-12-13-14-15-16-17-22-42-24-26-44-28-30-46-32-34-48-35-33-47-31-29-45-27-25-43-23-18-21-38-36(39)19-20-37(40)41/h2-35H2,1H3,(H,38,39)(H,40,41). The fourth-order valence-electron chi connectivity index (χ4n) is 4.88. The lowest BCUT2D eigenvalue weighted by Gasteiger charge is -2.09. The average Bonchev–Trinajstić information content (AvgIpc) is 3.08. The van der Waals surface area contributed by atoms with Gasteiger partial charge in [-0.25, -0.2) is 0 Å². The second-order valence-electron chi connectivity index (χ2n) is 12.2. The largest absolute Gasteiger partial charge is 0.481 e. The van der Waals surface area contributed by atoms with E-state index in [1.54, 1.807) is 0 Å². The van der Waals surface area contributed by atoms with E-state index in [4.69, 9.17) is 38.3 Å². The van der Waals surface area contributed by atoms with Crippen molar-refractivity contribution in [1.82, 2.24) is 5.32 Å². The van der Waals surface area contributed by atoms with Crippen LogP contribution >= 0.6 is 0 Å². The first kappa shape index (κ1) is 46.7. The zero-order valence-electron chi connectivity index (χ0n) is 30.7. The van der Waals surface area contributed by atoms with Crippen molar-refractivity contribution in [2.45, 2.75) is 129 Å². The maximum atomic E-state index is 11.4. The zero-order chi connectivity index (χ0) is 34.9. The molecule has 0 aliphatic carbocycles. The summed E-state index contributed by atoms with van der Waals surface area (Å²) < 4.78 is 38.6. The number of hydrogen-bond acceptors (Lipinski definition) is 9. The Morgan fingerprint density at radius 2 is 0.688 bits per heavy atom. The van der Waals surface area contributed by atoms with Crippen molar-refractivity contribution in [3.8, 4) is 0 Å². The van der Waals surface area contributed by atoms with E-state index in [1.807, 2.05) is 0 Å². The molecule has 0 aromatic carbocycles. The minimum absolute atomic E-state index is 0.00101. The van der Waals surface area contributed by atoms with Crippen LogP contribution in [0.25, 0.3) is 0 Å². The van der Waals surface area contributed by atoms with Gasteiger partial charge in [-0.1, -0.05) is 103 Å². The second-order valence-corrected chi connectivity index (χ2v) is 12.2. The van der Waals surface area contributed by atoms with Gasteiger partial charge in [-0.2, -0.15) is 0 Å². The van der Waals surface area contributed by atoms with Gasteiger partial charge in [0, 0.05) is 26.2 Å². The molecule has 0 bridgehead atoms. The Bertz CT molecular complexity index is 656. The molecule has 1 amide bonds. The number of carbonyl (C=O) groups excluding carboxylic acids is 1. The molecule has 0 atom stereocenters. The van der Waals surface area contributed by atoms with Gasteiger partial charge in [-0.3, -0.25) is 9.59 Å². The van der Waals surface area contributed by atoms with Crippen LogP contribution in [0.4, 0.5) is 0 Å². The minimum Gasteiger partial charge on any atom is -0.481 e. The number of nitrogens with one attached hydrogen (secondary N) is 1. The molecule has 11 heteroatoms. The van der Waals surface area contributed by atoms with Crippen LogP contribution in [0.3, 0.4) is 0 Å². The summed E-state index contributed by atoms with van der Waals surface area (Å²) in [7, 11) is 0. The van der Waals surface area contributed by atoms with Crippen molar-refractivity contribution in [2.75, 3.05) is 99.0 Å². The molecule has 0 spiro atoms. The molecule has 48 heavy (non-hydrogen) atoms. The normalized spacial score (nSPS) is 11.4. The molecule has 0 aromatic rings. The van der Waals surface area contributed by atoms with Crippen molar-refractivity contribution in [1.29, 1.82) is 0 Å². The van der Waals surface area contributed by atoms with Crippen molar-refractivity contribution in [3.63, 3.8) is 0 Å². The summed E-state index contributed by atoms with van der Waals surface area (Å²) in [5.74, 6) is -1.23. The predicted molar refractivity (Wildman–Crippen MR) is 190 cm³/mol. The molecule has 286 valence electrons. The number of aliphatic carboxylic acids is 1. The van der Waals surface area contributed by atoms with Crippen LogP contribution in [0.1, 0.15) is 129 Å². The van der Waals surface area contributed by atoms with Crippen molar-refractivity contribution in [2.24, 2.45) is 0 Å². The van der Waals surface area contributed by atoms with Crippen molar-refractivity contribution in [3.05, 3.63) is 0 Å². The molecule has 0 aliphatic rings. The van der Waals surface area contributed by atoms with Crippen LogP contribution in [-0.4, -0.2) is 116 Å². The lowest BCUT2D eigenvalue weighted by Crippen LogP contribution is -2.25. The minimum atomic E-state index is -0.975. The van der Waals surface area contributed by atoms with E-state index in [9.17, 15) is 9.59 Å². The summed E-state index contributed by atoms with van der Waals surface area (Å²) in [5.41, 5.74) is 0. The Kier molecular flexibility index (Phi) is 40.7. The van der Waals surface area contributed by atoms with E-state index in [-0.39, 0.29) is 18.7 Å². The molecular weight excluding hydrogens is 618 g/mol. The van der Waals surface area contributed by atoms with E-state index in [0.717, 1.165) is 13.0 Å². The highest BCUT2D eigenvalue weighted by atomic mass is 16.6. The van der Waals surface area contributed by atoms with Gasteiger partial charge >= 0.3 is 5.97 Å². The lowest BCUT2D eigenvalue weighted by molar-refractivity contribution is -0.138. The van der Waals surface area contributed by atoms with Crippen molar-refractivity contribution >= 4 is 11.9 Å². The van der Waals surface area contributed by atoms with Gasteiger partial charge in [0.05, 0.1) is 85.7 Å². The van der Waals surface area contributed by atoms with Gasteiger partial charge in [0.15, 0.2) is 0 Å².